The molecule has 0 fully saturated rings. The van der Waals surface area contributed by atoms with Gasteiger partial charge in [-0.05, 0) is 39.8 Å². The van der Waals surface area contributed by atoms with Crippen molar-refractivity contribution < 1.29 is 9.32 Å². The summed E-state index contributed by atoms with van der Waals surface area (Å²) < 4.78 is 5.21. The first-order chi connectivity index (χ1) is 10.9. The number of fused-ring (bicyclic) bond motifs is 1. The van der Waals surface area contributed by atoms with Gasteiger partial charge in [-0.2, -0.15) is 0 Å². The van der Waals surface area contributed by atoms with Crippen LogP contribution in [0.2, 0.25) is 0 Å². The quantitative estimate of drug-likeness (QED) is 0.804. The van der Waals surface area contributed by atoms with Crippen LogP contribution in [0.3, 0.4) is 0 Å². The van der Waals surface area contributed by atoms with E-state index in [1.165, 1.54) is 0 Å². The molecular weight excluding hydrogens is 292 g/mol. The van der Waals surface area contributed by atoms with Crippen LogP contribution in [0.1, 0.15) is 41.4 Å². The van der Waals surface area contributed by atoms with E-state index < -0.39 is 5.54 Å². The van der Waals surface area contributed by atoms with Gasteiger partial charge in [-0.1, -0.05) is 11.2 Å². The number of pyridine rings is 2. The van der Waals surface area contributed by atoms with Crippen LogP contribution in [0.15, 0.2) is 35.1 Å². The average Bonchev–Trinajstić information content (AvgIpc) is 2.86. The van der Waals surface area contributed by atoms with E-state index in [2.05, 4.69) is 20.4 Å². The molecule has 6 heteroatoms. The smallest absolute Gasteiger partial charge is 0.272 e. The van der Waals surface area contributed by atoms with E-state index in [9.17, 15) is 4.79 Å². The molecule has 1 amide bonds. The highest BCUT2D eigenvalue weighted by Crippen LogP contribution is 2.27. The Kier molecular flexibility index (Phi) is 3.60. The lowest BCUT2D eigenvalue weighted by Crippen LogP contribution is -2.42. The molecule has 0 unspecified atom stereocenters. The zero-order valence-electron chi connectivity index (χ0n) is 13.5. The summed E-state index contributed by atoms with van der Waals surface area (Å²) in [6.45, 7) is 7.52. The Morgan fingerprint density at radius 1 is 1.17 bits per heavy atom. The molecule has 0 aromatic carbocycles. The number of aromatic nitrogens is 3. The normalized spacial score (nSPS) is 11.7. The highest BCUT2D eigenvalue weighted by molar-refractivity contribution is 6.03. The molecule has 1 N–H and O–H groups in total. The molecule has 3 heterocycles. The van der Waals surface area contributed by atoms with Crippen molar-refractivity contribution in [3.63, 3.8) is 0 Å². The Hall–Kier alpha value is -2.76. The fraction of sp³-hybridized carbons (Fsp3) is 0.294. The zero-order chi connectivity index (χ0) is 16.6. The summed E-state index contributed by atoms with van der Waals surface area (Å²) in [5.41, 5.74) is 1.89. The van der Waals surface area contributed by atoms with E-state index in [-0.39, 0.29) is 5.91 Å². The van der Waals surface area contributed by atoms with Crippen molar-refractivity contribution in [2.45, 2.75) is 33.2 Å². The number of nitrogens with one attached hydrogen (secondary N) is 1. The largest absolute Gasteiger partial charge is 0.361 e. The maximum atomic E-state index is 12.7. The number of aryl methyl sites for hydroxylation is 2. The van der Waals surface area contributed by atoms with Crippen LogP contribution in [-0.4, -0.2) is 21.0 Å². The van der Waals surface area contributed by atoms with Gasteiger partial charge in [0.1, 0.15) is 11.3 Å². The fourth-order valence-corrected chi connectivity index (χ4v) is 2.95. The van der Waals surface area contributed by atoms with E-state index in [4.69, 9.17) is 4.52 Å². The van der Waals surface area contributed by atoms with Crippen LogP contribution in [0.5, 0.6) is 0 Å². The zero-order valence-corrected chi connectivity index (χ0v) is 13.5. The Morgan fingerprint density at radius 2 is 1.96 bits per heavy atom. The summed E-state index contributed by atoms with van der Waals surface area (Å²) in [6, 6.07) is 5.57. The number of rotatable bonds is 3. The minimum atomic E-state index is -0.635. The third-order valence-electron chi connectivity index (χ3n) is 3.82. The summed E-state index contributed by atoms with van der Waals surface area (Å²) in [7, 11) is 0. The van der Waals surface area contributed by atoms with Gasteiger partial charge in [-0.25, -0.2) is 4.98 Å². The number of carbonyl (C=O) groups is 1. The summed E-state index contributed by atoms with van der Waals surface area (Å²) in [4.78, 5) is 21.2. The number of carbonyl (C=O) groups excluding carboxylic acids is 1. The molecule has 23 heavy (non-hydrogen) atoms. The molecule has 0 spiro atoms. The second kappa shape index (κ2) is 5.46. The highest BCUT2D eigenvalue weighted by atomic mass is 16.5. The number of hydrogen-bond donors (Lipinski definition) is 1. The predicted octanol–water partition coefficient (Wildman–Crippen LogP) is 2.90. The molecule has 0 bridgehead atoms. The van der Waals surface area contributed by atoms with Crippen molar-refractivity contribution >= 4 is 16.8 Å². The molecule has 0 radical (unpaired) electrons. The van der Waals surface area contributed by atoms with Crippen molar-refractivity contribution in [2.24, 2.45) is 0 Å². The topological polar surface area (TPSA) is 80.9 Å². The molecule has 6 nitrogen and oxygen atoms in total. The third-order valence-corrected chi connectivity index (χ3v) is 3.82. The minimum Gasteiger partial charge on any atom is -0.361 e. The van der Waals surface area contributed by atoms with Gasteiger partial charge >= 0.3 is 0 Å². The first-order valence-electron chi connectivity index (χ1n) is 7.36. The van der Waals surface area contributed by atoms with Gasteiger partial charge in [0.15, 0.2) is 5.69 Å². The predicted molar refractivity (Wildman–Crippen MR) is 86.0 cm³/mol. The molecule has 0 saturated heterocycles. The van der Waals surface area contributed by atoms with Gasteiger partial charge in [0.25, 0.3) is 5.91 Å². The van der Waals surface area contributed by atoms with Crippen LogP contribution in [0, 0.1) is 13.8 Å². The molecule has 0 aliphatic carbocycles. The Labute approximate surface area is 133 Å². The molecule has 3 aromatic rings. The van der Waals surface area contributed by atoms with E-state index >= 15 is 0 Å². The number of hydrogen-bond acceptors (Lipinski definition) is 5. The lowest BCUT2D eigenvalue weighted by molar-refractivity contribution is 0.0908. The van der Waals surface area contributed by atoms with Crippen LogP contribution in [-0.2, 0) is 5.54 Å². The molecule has 0 aliphatic rings. The van der Waals surface area contributed by atoms with Crippen LogP contribution < -0.4 is 5.32 Å². The lowest BCUT2D eigenvalue weighted by atomic mass is 9.92. The van der Waals surface area contributed by atoms with Crippen LogP contribution >= 0.6 is 0 Å². The second-order valence-electron chi connectivity index (χ2n) is 6.01. The Balaban J connectivity index is 1.98. The minimum absolute atomic E-state index is 0.278. The second-order valence-corrected chi connectivity index (χ2v) is 6.01. The maximum absolute atomic E-state index is 12.7. The van der Waals surface area contributed by atoms with E-state index in [0.29, 0.717) is 17.0 Å². The average molecular weight is 310 g/mol. The summed E-state index contributed by atoms with van der Waals surface area (Å²) in [6.07, 6.45) is 3.27. The molecule has 3 rings (SSSR count). The van der Waals surface area contributed by atoms with Crippen molar-refractivity contribution in [3.8, 4) is 0 Å². The van der Waals surface area contributed by atoms with E-state index in [1.807, 2.05) is 45.9 Å². The van der Waals surface area contributed by atoms with E-state index in [1.54, 1.807) is 12.4 Å². The summed E-state index contributed by atoms with van der Waals surface area (Å²) >= 11 is 0. The molecule has 0 atom stereocenters. The highest BCUT2D eigenvalue weighted by Gasteiger charge is 2.30. The van der Waals surface area contributed by atoms with E-state index in [0.717, 1.165) is 16.6 Å². The van der Waals surface area contributed by atoms with Crippen LogP contribution in [0.4, 0.5) is 0 Å². The Morgan fingerprint density at radius 3 is 2.65 bits per heavy atom. The molecule has 0 saturated carbocycles. The molecule has 0 aliphatic heterocycles. The molecule has 118 valence electrons. The Bertz CT molecular complexity index is 858. The first kappa shape index (κ1) is 15.1. The van der Waals surface area contributed by atoms with Gasteiger partial charge in [0, 0.05) is 23.3 Å². The van der Waals surface area contributed by atoms with Gasteiger partial charge < -0.3 is 9.84 Å². The molecule has 3 aromatic heterocycles. The van der Waals surface area contributed by atoms with Crippen LogP contribution in [0.25, 0.3) is 10.9 Å². The monoisotopic (exact) mass is 310 g/mol. The van der Waals surface area contributed by atoms with Crippen molar-refractivity contribution in [2.75, 3.05) is 0 Å². The fourth-order valence-electron chi connectivity index (χ4n) is 2.95. The summed E-state index contributed by atoms with van der Waals surface area (Å²) in [5, 5.41) is 7.84. The van der Waals surface area contributed by atoms with Gasteiger partial charge in [-0.15, -0.1) is 0 Å². The number of nitrogens with zero attached hydrogens (tertiary/aromatic N) is 3. The van der Waals surface area contributed by atoms with Gasteiger partial charge in [-0.3, -0.25) is 9.78 Å². The lowest BCUT2D eigenvalue weighted by Gasteiger charge is -2.26. The van der Waals surface area contributed by atoms with Gasteiger partial charge in [0.2, 0.25) is 0 Å². The van der Waals surface area contributed by atoms with Crippen molar-refractivity contribution in [3.05, 3.63) is 53.3 Å². The van der Waals surface area contributed by atoms with Crippen molar-refractivity contribution in [1.29, 1.82) is 0 Å². The molecular formula is C17H18N4O2. The van der Waals surface area contributed by atoms with Gasteiger partial charge in [0.05, 0.1) is 11.2 Å². The first-order valence-corrected chi connectivity index (χ1v) is 7.36. The SMILES string of the molecule is Cc1noc(C)c1C(C)(C)NC(=O)c1nccc2cccnc12. The third kappa shape index (κ3) is 2.67. The van der Waals surface area contributed by atoms with Crippen molar-refractivity contribution in [1.82, 2.24) is 20.4 Å². The summed E-state index contributed by atoms with van der Waals surface area (Å²) in [5.74, 6) is 0.413. The maximum Gasteiger partial charge on any atom is 0.272 e. The number of amides is 1. The standard InChI is InChI=1S/C17H18N4O2/c1-10-13(11(2)23-21-10)17(3,4)20-16(22)15-14-12(7-9-19-15)6-5-8-18-14/h5-9H,1-4H3,(H,20,22).